The zero-order valence-electron chi connectivity index (χ0n) is 9.84. The van der Waals surface area contributed by atoms with Crippen molar-refractivity contribution >= 4 is 17.7 Å². The van der Waals surface area contributed by atoms with Crippen molar-refractivity contribution in [2.45, 2.75) is 55.7 Å². The molecular weight excluding hydrogens is 220 g/mol. The van der Waals surface area contributed by atoms with E-state index in [1.54, 1.807) is 0 Å². The summed E-state index contributed by atoms with van der Waals surface area (Å²) in [5.74, 6) is 1.37. The van der Waals surface area contributed by atoms with Crippen LogP contribution in [0.4, 0.5) is 0 Å². The molecule has 0 aromatic rings. The molecule has 16 heavy (non-hydrogen) atoms. The molecule has 2 aliphatic rings. The highest BCUT2D eigenvalue weighted by atomic mass is 32.2. The number of carbonyl (C=O) groups excluding carboxylic acids is 1. The summed E-state index contributed by atoms with van der Waals surface area (Å²) in [5, 5.41) is 3.41. The Morgan fingerprint density at radius 1 is 1.31 bits per heavy atom. The standard InChI is InChI=1S/C12H22N2OS/c13-9-12(6-2-3-7-12)14-11(15)10-5-1-4-8-16-10/h10H,1-9,13H2,(H,14,15). The summed E-state index contributed by atoms with van der Waals surface area (Å²) in [6, 6.07) is 0. The molecule has 1 saturated heterocycles. The normalized spacial score (nSPS) is 28.9. The van der Waals surface area contributed by atoms with Gasteiger partial charge in [0, 0.05) is 6.54 Å². The third-order valence-corrected chi connectivity index (χ3v) is 5.19. The zero-order chi connectivity index (χ0) is 11.4. The average Bonchev–Trinajstić information content (AvgIpc) is 2.79. The maximum atomic E-state index is 12.1. The number of thioether (sulfide) groups is 1. The lowest BCUT2D eigenvalue weighted by Gasteiger charge is -2.31. The van der Waals surface area contributed by atoms with E-state index in [0.29, 0.717) is 6.54 Å². The number of nitrogens with two attached hydrogens (primary N) is 1. The maximum absolute atomic E-state index is 12.1. The van der Waals surface area contributed by atoms with E-state index in [1.165, 1.54) is 25.7 Å². The van der Waals surface area contributed by atoms with Gasteiger partial charge in [0.2, 0.25) is 5.91 Å². The van der Waals surface area contributed by atoms with Gasteiger partial charge >= 0.3 is 0 Å². The number of hydrogen-bond donors (Lipinski definition) is 2. The highest BCUT2D eigenvalue weighted by molar-refractivity contribution is 8.00. The Balaban J connectivity index is 1.89. The molecule has 1 saturated carbocycles. The van der Waals surface area contributed by atoms with Crippen molar-refractivity contribution in [2.75, 3.05) is 12.3 Å². The van der Waals surface area contributed by atoms with Gasteiger partial charge in [-0.05, 0) is 31.4 Å². The summed E-state index contributed by atoms with van der Waals surface area (Å²) < 4.78 is 0. The number of carbonyl (C=O) groups is 1. The predicted octanol–water partition coefficient (Wildman–Crippen LogP) is 1.66. The van der Waals surface area contributed by atoms with Gasteiger partial charge in [0.25, 0.3) is 0 Å². The Labute approximate surface area is 102 Å². The quantitative estimate of drug-likeness (QED) is 0.791. The minimum absolute atomic E-state index is 0.0743. The molecule has 0 aromatic carbocycles. The first-order valence-electron chi connectivity index (χ1n) is 6.39. The van der Waals surface area contributed by atoms with Gasteiger partial charge in [-0.15, -0.1) is 11.8 Å². The second kappa shape index (κ2) is 5.41. The summed E-state index contributed by atoms with van der Waals surface area (Å²) >= 11 is 1.81. The van der Waals surface area contributed by atoms with Crippen LogP contribution >= 0.6 is 11.8 Å². The van der Waals surface area contributed by atoms with Crippen molar-refractivity contribution in [3.8, 4) is 0 Å². The molecule has 0 spiro atoms. The van der Waals surface area contributed by atoms with E-state index in [1.807, 2.05) is 11.8 Å². The van der Waals surface area contributed by atoms with Crippen molar-refractivity contribution < 1.29 is 4.79 Å². The fourth-order valence-corrected chi connectivity index (χ4v) is 3.92. The molecule has 1 heterocycles. The monoisotopic (exact) mass is 242 g/mol. The number of rotatable bonds is 3. The summed E-state index contributed by atoms with van der Waals surface area (Å²) in [6.45, 7) is 0.593. The highest BCUT2D eigenvalue weighted by Gasteiger charge is 2.35. The lowest BCUT2D eigenvalue weighted by molar-refractivity contribution is -0.122. The van der Waals surface area contributed by atoms with E-state index in [2.05, 4.69) is 5.32 Å². The van der Waals surface area contributed by atoms with Gasteiger partial charge in [0.05, 0.1) is 10.8 Å². The Morgan fingerprint density at radius 3 is 2.62 bits per heavy atom. The lowest BCUT2D eigenvalue weighted by atomic mass is 9.97. The Bertz CT molecular complexity index is 245. The van der Waals surface area contributed by atoms with Gasteiger partial charge < -0.3 is 11.1 Å². The summed E-state index contributed by atoms with van der Waals surface area (Å²) in [4.78, 5) is 12.1. The molecule has 0 aromatic heterocycles. The van der Waals surface area contributed by atoms with Gasteiger partial charge in [0.15, 0.2) is 0 Å². The van der Waals surface area contributed by atoms with Crippen LogP contribution in [0.3, 0.4) is 0 Å². The zero-order valence-corrected chi connectivity index (χ0v) is 10.7. The van der Waals surface area contributed by atoms with Gasteiger partial charge in [-0.2, -0.15) is 0 Å². The molecule has 2 rings (SSSR count). The van der Waals surface area contributed by atoms with Crippen LogP contribution in [-0.4, -0.2) is 29.0 Å². The molecule has 1 aliphatic heterocycles. The van der Waals surface area contributed by atoms with Crippen LogP contribution in [-0.2, 0) is 4.79 Å². The van der Waals surface area contributed by atoms with E-state index in [-0.39, 0.29) is 16.7 Å². The van der Waals surface area contributed by atoms with Crippen molar-refractivity contribution in [3.05, 3.63) is 0 Å². The minimum Gasteiger partial charge on any atom is -0.348 e. The molecule has 3 N–H and O–H groups in total. The number of amides is 1. The molecule has 3 nitrogen and oxygen atoms in total. The first-order valence-corrected chi connectivity index (χ1v) is 7.44. The molecule has 0 radical (unpaired) electrons. The van der Waals surface area contributed by atoms with E-state index in [0.717, 1.165) is 25.0 Å². The molecular formula is C12H22N2OS. The second-order valence-corrected chi connectivity index (χ2v) is 6.35. The maximum Gasteiger partial charge on any atom is 0.233 e. The Kier molecular flexibility index (Phi) is 4.14. The Hall–Kier alpha value is -0.220. The minimum atomic E-state index is -0.0743. The fourth-order valence-electron chi connectivity index (χ4n) is 2.72. The van der Waals surface area contributed by atoms with Crippen LogP contribution in [0.15, 0.2) is 0 Å². The molecule has 2 fully saturated rings. The first kappa shape index (κ1) is 12.2. The van der Waals surface area contributed by atoms with E-state index < -0.39 is 0 Å². The van der Waals surface area contributed by atoms with Crippen LogP contribution in [0.25, 0.3) is 0 Å². The molecule has 4 heteroatoms. The third-order valence-electron chi connectivity index (χ3n) is 3.81. The van der Waals surface area contributed by atoms with Gasteiger partial charge in [-0.25, -0.2) is 0 Å². The van der Waals surface area contributed by atoms with E-state index in [9.17, 15) is 4.79 Å². The van der Waals surface area contributed by atoms with Gasteiger partial charge in [-0.1, -0.05) is 19.3 Å². The third kappa shape index (κ3) is 2.72. The van der Waals surface area contributed by atoms with Crippen LogP contribution in [0.2, 0.25) is 0 Å². The van der Waals surface area contributed by atoms with E-state index >= 15 is 0 Å². The average molecular weight is 242 g/mol. The van der Waals surface area contributed by atoms with E-state index in [4.69, 9.17) is 5.73 Å². The molecule has 1 atom stereocenters. The fraction of sp³-hybridized carbons (Fsp3) is 0.917. The van der Waals surface area contributed by atoms with Crippen molar-refractivity contribution in [1.82, 2.24) is 5.32 Å². The smallest absolute Gasteiger partial charge is 0.233 e. The van der Waals surface area contributed by atoms with Crippen LogP contribution < -0.4 is 11.1 Å². The molecule has 92 valence electrons. The first-order chi connectivity index (χ1) is 7.76. The van der Waals surface area contributed by atoms with Crippen molar-refractivity contribution in [2.24, 2.45) is 5.73 Å². The number of nitrogens with one attached hydrogen (secondary N) is 1. The van der Waals surface area contributed by atoms with Crippen molar-refractivity contribution in [3.63, 3.8) is 0 Å². The summed E-state index contributed by atoms with van der Waals surface area (Å²) in [5.41, 5.74) is 5.75. The lowest BCUT2D eigenvalue weighted by Crippen LogP contribution is -2.54. The Morgan fingerprint density at radius 2 is 2.06 bits per heavy atom. The largest absolute Gasteiger partial charge is 0.348 e. The van der Waals surface area contributed by atoms with Crippen molar-refractivity contribution in [1.29, 1.82) is 0 Å². The van der Waals surface area contributed by atoms with Gasteiger partial charge in [0.1, 0.15) is 0 Å². The highest BCUT2D eigenvalue weighted by Crippen LogP contribution is 2.31. The second-order valence-electron chi connectivity index (χ2n) is 5.04. The molecule has 1 unspecified atom stereocenters. The topological polar surface area (TPSA) is 55.1 Å². The SMILES string of the molecule is NCC1(NC(=O)C2CCCCS2)CCCC1. The molecule has 0 bridgehead atoms. The van der Waals surface area contributed by atoms with Gasteiger partial charge in [-0.3, -0.25) is 4.79 Å². The summed E-state index contributed by atoms with van der Waals surface area (Å²) in [7, 11) is 0. The number of hydrogen-bond acceptors (Lipinski definition) is 3. The van der Waals surface area contributed by atoms with Crippen LogP contribution in [0.1, 0.15) is 44.9 Å². The molecule has 1 amide bonds. The van der Waals surface area contributed by atoms with Crippen LogP contribution in [0.5, 0.6) is 0 Å². The van der Waals surface area contributed by atoms with Crippen LogP contribution in [0, 0.1) is 0 Å². The predicted molar refractivity (Wildman–Crippen MR) is 68.5 cm³/mol. The summed E-state index contributed by atoms with van der Waals surface area (Å²) in [6.07, 6.45) is 8.03. The molecule has 1 aliphatic carbocycles.